The third-order valence-corrected chi connectivity index (χ3v) is 4.72. The Kier molecular flexibility index (Phi) is 3.83. The van der Waals surface area contributed by atoms with Gasteiger partial charge in [0.2, 0.25) is 0 Å². The van der Waals surface area contributed by atoms with Gasteiger partial charge in [-0.2, -0.15) is 5.10 Å². The summed E-state index contributed by atoms with van der Waals surface area (Å²) in [6, 6.07) is 3.60. The lowest BCUT2D eigenvalue weighted by atomic mass is 9.90. The summed E-state index contributed by atoms with van der Waals surface area (Å²) in [5.74, 6) is -2.34. The molecule has 2 aliphatic rings. The van der Waals surface area contributed by atoms with Crippen LogP contribution >= 0.6 is 0 Å². The maximum absolute atomic E-state index is 13.6. The van der Waals surface area contributed by atoms with E-state index in [1.807, 2.05) is 6.92 Å². The molecule has 1 saturated heterocycles. The van der Waals surface area contributed by atoms with E-state index in [9.17, 15) is 13.6 Å². The van der Waals surface area contributed by atoms with Crippen LogP contribution < -0.4 is 0 Å². The van der Waals surface area contributed by atoms with Crippen LogP contribution in [0, 0.1) is 17.0 Å². The predicted molar refractivity (Wildman–Crippen MR) is 84.7 cm³/mol. The number of hydrogen-bond acceptors (Lipinski definition) is 4. The van der Waals surface area contributed by atoms with Crippen LogP contribution in [-0.4, -0.2) is 35.6 Å². The van der Waals surface area contributed by atoms with E-state index >= 15 is 0 Å². The number of rotatable bonds is 4. The van der Waals surface area contributed by atoms with Crippen LogP contribution in [0.15, 0.2) is 18.2 Å². The minimum absolute atomic E-state index is 0.137. The zero-order chi connectivity index (χ0) is 17.6. The van der Waals surface area contributed by atoms with Crippen molar-refractivity contribution in [3.8, 4) is 5.69 Å². The minimum atomic E-state index is -0.943. The Bertz CT molecular complexity index is 843. The van der Waals surface area contributed by atoms with Crippen LogP contribution in [0.1, 0.15) is 35.1 Å². The fourth-order valence-electron chi connectivity index (χ4n) is 3.27. The van der Waals surface area contributed by atoms with Crippen molar-refractivity contribution >= 4 is 5.97 Å². The molecule has 0 radical (unpaired) electrons. The van der Waals surface area contributed by atoms with Gasteiger partial charge in [-0.25, -0.2) is 18.3 Å². The Morgan fingerprint density at radius 1 is 1.32 bits per heavy atom. The lowest BCUT2D eigenvalue weighted by Gasteiger charge is -2.37. The fraction of sp³-hybridized carbons (Fsp3) is 0.444. The second-order valence-corrected chi connectivity index (χ2v) is 7.02. The van der Waals surface area contributed by atoms with Gasteiger partial charge in [-0.1, -0.05) is 6.92 Å². The summed E-state index contributed by atoms with van der Waals surface area (Å²) >= 11 is 0. The molecule has 0 bridgehead atoms. The molecule has 0 atom stereocenters. The molecule has 25 heavy (non-hydrogen) atoms. The Morgan fingerprint density at radius 3 is 2.80 bits per heavy atom. The summed E-state index contributed by atoms with van der Waals surface area (Å²) < 4.78 is 38.8. The molecule has 132 valence electrons. The van der Waals surface area contributed by atoms with E-state index in [2.05, 4.69) is 5.10 Å². The average molecular weight is 348 g/mol. The largest absolute Gasteiger partial charge is 0.460 e. The van der Waals surface area contributed by atoms with Gasteiger partial charge in [-0.05, 0) is 31.4 Å². The highest BCUT2D eigenvalue weighted by Crippen LogP contribution is 2.30. The normalized spacial score (nSPS) is 17.9. The molecule has 0 spiro atoms. The van der Waals surface area contributed by atoms with Gasteiger partial charge in [0.25, 0.3) is 0 Å². The SMILES string of the molecule is CC1(COC(=O)c2nn(-c3ccc(F)c(F)c3)c3c2CCC3)COC1. The summed E-state index contributed by atoms with van der Waals surface area (Å²) in [4.78, 5) is 12.5. The van der Waals surface area contributed by atoms with Crippen LogP contribution in [0.2, 0.25) is 0 Å². The standard InChI is InChI=1S/C18H18F2N2O3/c1-18(8-24-9-18)10-25-17(23)16-12-3-2-4-15(12)22(21-16)11-5-6-13(19)14(20)7-11/h5-7H,2-4,8-10H2,1H3. The molecule has 5 nitrogen and oxygen atoms in total. The number of carbonyl (C=O) groups is 1. The molecule has 0 N–H and O–H groups in total. The molecule has 0 saturated carbocycles. The molecule has 0 amide bonds. The minimum Gasteiger partial charge on any atom is -0.460 e. The first-order valence-corrected chi connectivity index (χ1v) is 8.28. The van der Waals surface area contributed by atoms with Crippen LogP contribution in [0.4, 0.5) is 8.78 Å². The van der Waals surface area contributed by atoms with Crippen LogP contribution in [0.25, 0.3) is 5.69 Å². The first kappa shape index (κ1) is 16.2. The van der Waals surface area contributed by atoms with E-state index in [1.54, 1.807) is 0 Å². The Balaban J connectivity index is 1.63. The third kappa shape index (κ3) is 2.82. The Morgan fingerprint density at radius 2 is 2.12 bits per heavy atom. The highest BCUT2D eigenvalue weighted by atomic mass is 19.2. The van der Waals surface area contributed by atoms with Gasteiger partial charge in [-0.15, -0.1) is 0 Å². The van der Waals surface area contributed by atoms with E-state index in [0.29, 0.717) is 18.9 Å². The number of esters is 1. The molecule has 2 heterocycles. The fourth-order valence-corrected chi connectivity index (χ4v) is 3.27. The maximum Gasteiger partial charge on any atom is 0.359 e. The quantitative estimate of drug-likeness (QED) is 0.798. The summed E-state index contributed by atoms with van der Waals surface area (Å²) in [6.45, 7) is 3.41. The second kappa shape index (κ2) is 5.91. The van der Waals surface area contributed by atoms with E-state index < -0.39 is 17.6 Å². The predicted octanol–water partition coefficient (Wildman–Crippen LogP) is 2.83. The summed E-state index contributed by atoms with van der Waals surface area (Å²) in [5, 5.41) is 4.34. The molecule has 1 aromatic carbocycles. The van der Waals surface area contributed by atoms with Crippen molar-refractivity contribution in [3.05, 3.63) is 46.8 Å². The zero-order valence-electron chi connectivity index (χ0n) is 13.8. The van der Waals surface area contributed by atoms with E-state index in [4.69, 9.17) is 9.47 Å². The average Bonchev–Trinajstić information content (AvgIpc) is 3.16. The number of aromatic nitrogens is 2. The van der Waals surface area contributed by atoms with Crippen LogP contribution in [-0.2, 0) is 22.3 Å². The van der Waals surface area contributed by atoms with Crippen molar-refractivity contribution in [2.24, 2.45) is 5.41 Å². The Labute approximate surface area is 143 Å². The molecule has 1 fully saturated rings. The molecule has 1 aliphatic carbocycles. The smallest absolute Gasteiger partial charge is 0.359 e. The van der Waals surface area contributed by atoms with Crippen molar-refractivity contribution in [1.82, 2.24) is 9.78 Å². The maximum atomic E-state index is 13.6. The monoisotopic (exact) mass is 348 g/mol. The number of ether oxygens (including phenoxy) is 2. The molecular formula is C18H18F2N2O3. The van der Waals surface area contributed by atoms with Crippen molar-refractivity contribution in [1.29, 1.82) is 0 Å². The first-order valence-electron chi connectivity index (χ1n) is 8.28. The van der Waals surface area contributed by atoms with E-state index in [0.717, 1.165) is 42.7 Å². The molecule has 2 aromatic rings. The van der Waals surface area contributed by atoms with Crippen LogP contribution in [0.3, 0.4) is 0 Å². The van der Waals surface area contributed by atoms with E-state index in [-0.39, 0.29) is 17.7 Å². The lowest BCUT2D eigenvalue weighted by molar-refractivity contribution is -0.127. The molecule has 0 unspecified atom stereocenters. The number of nitrogens with zero attached hydrogens (tertiary/aromatic N) is 2. The molecule has 7 heteroatoms. The second-order valence-electron chi connectivity index (χ2n) is 7.02. The van der Waals surface area contributed by atoms with E-state index in [1.165, 1.54) is 10.7 Å². The zero-order valence-corrected chi connectivity index (χ0v) is 13.8. The third-order valence-electron chi connectivity index (χ3n) is 4.72. The van der Waals surface area contributed by atoms with Crippen molar-refractivity contribution in [2.75, 3.05) is 19.8 Å². The first-order chi connectivity index (χ1) is 12.0. The highest BCUT2D eigenvalue weighted by Gasteiger charge is 2.36. The van der Waals surface area contributed by atoms with Crippen molar-refractivity contribution in [3.63, 3.8) is 0 Å². The molecule has 4 rings (SSSR count). The van der Waals surface area contributed by atoms with Gasteiger partial charge in [-0.3, -0.25) is 0 Å². The van der Waals surface area contributed by atoms with Gasteiger partial charge in [0.1, 0.15) is 6.61 Å². The molecular weight excluding hydrogens is 330 g/mol. The highest BCUT2D eigenvalue weighted by molar-refractivity contribution is 5.89. The lowest BCUT2D eigenvalue weighted by Crippen LogP contribution is -2.44. The summed E-state index contributed by atoms with van der Waals surface area (Å²) in [7, 11) is 0. The Hall–Kier alpha value is -2.28. The van der Waals surface area contributed by atoms with Crippen molar-refractivity contribution < 1.29 is 23.0 Å². The topological polar surface area (TPSA) is 53.3 Å². The van der Waals surface area contributed by atoms with Crippen LogP contribution in [0.5, 0.6) is 0 Å². The van der Waals surface area contributed by atoms with Crippen molar-refractivity contribution in [2.45, 2.75) is 26.2 Å². The van der Waals surface area contributed by atoms with Gasteiger partial charge >= 0.3 is 5.97 Å². The van der Waals surface area contributed by atoms with Gasteiger partial charge in [0.05, 0.1) is 18.9 Å². The number of fused-ring (bicyclic) bond motifs is 1. The number of carbonyl (C=O) groups excluding carboxylic acids is 1. The number of hydrogen-bond donors (Lipinski definition) is 0. The van der Waals surface area contributed by atoms with Gasteiger partial charge < -0.3 is 9.47 Å². The molecule has 1 aliphatic heterocycles. The summed E-state index contributed by atoms with van der Waals surface area (Å²) in [5.41, 5.74) is 2.22. The van der Waals surface area contributed by atoms with Gasteiger partial charge in [0, 0.05) is 22.7 Å². The number of halogens is 2. The van der Waals surface area contributed by atoms with Gasteiger partial charge in [0.15, 0.2) is 17.3 Å². The summed E-state index contributed by atoms with van der Waals surface area (Å²) in [6.07, 6.45) is 2.35. The molecule has 1 aromatic heterocycles. The number of benzene rings is 1.